The summed E-state index contributed by atoms with van der Waals surface area (Å²) in [5.41, 5.74) is 1.85. The highest BCUT2D eigenvalue weighted by Gasteiger charge is 2.08. The fourth-order valence-electron chi connectivity index (χ4n) is 2.06. The number of hydrogen-bond acceptors (Lipinski definition) is 4. The van der Waals surface area contributed by atoms with Crippen LogP contribution in [0.15, 0.2) is 66.7 Å². The number of carbonyl (C=O) groups is 1. The van der Waals surface area contributed by atoms with Crippen molar-refractivity contribution in [2.24, 2.45) is 0 Å². The van der Waals surface area contributed by atoms with E-state index >= 15 is 0 Å². The normalized spacial score (nSPS) is 10.2. The van der Waals surface area contributed by atoms with Gasteiger partial charge in [-0.2, -0.15) is 0 Å². The molecule has 1 aromatic heterocycles. The van der Waals surface area contributed by atoms with Gasteiger partial charge in [0.25, 0.3) is 5.91 Å². The van der Waals surface area contributed by atoms with Gasteiger partial charge in [0.15, 0.2) is 5.69 Å². The molecule has 2 aromatic carbocycles. The van der Waals surface area contributed by atoms with E-state index in [0.717, 1.165) is 5.56 Å². The molecule has 1 amide bonds. The van der Waals surface area contributed by atoms with Crippen LogP contribution < -0.4 is 10.6 Å². The average Bonchev–Trinajstić information content (AvgIpc) is 2.62. The van der Waals surface area contributed by atoms with Gasteiger partial charge in [0.2, 0.25) is 0 Å². The van der Waals surface area contributed by atoms with Crippen LogP contribution in [0.5, 0.6) is 0 Å². The predicted molar refractivity (Wildman–Crippen MR) is 90.2 cm³/mol. The minimum atomic E-state index is -0.321. The van der Waals surface area contributed by atoms with Crippen molar-refractivity contribution in [3.05, 3.63) is 83.8 Å². The van der Waals surface area contributed by atoms with Crippen LogP contribution in [0.2, 0.25) is 0 Å². The number of aromatic nitrogens is 2. The number of anilines is 2. The molecule has 0 aliphatic rings. The summed E-state index contributed by atoms with van der Waals surface area (Å²) in [6.45, 7) is 0.491. The average molecular weight is 322 g/mol. The zero-order chi connectivity index (χ0) is 16.8. The highest BCUT2D eigenvalue weighted by atomic mass is 19.1. The molecule has 3 aromatic rings. The third-order valence-electron chi connectivity index (χ3n) is 3.32. The molecule has 0 saturated heterocycles. The molecule has 0 aliphatic heterocycles. The maximum Gasteiger partial charge on any atom is 0.276 e. The van der Waals surface area contributed by atoms with Crippen LogP contribution in [0.25, 0.3) is 0 Å². The van der Waals surface area contributed by atoms with Crippen LogP contribution in [0, 0.1) is 5.82 Å². The summed E-state index contributed by atoms with van der Waals surface area (Å²) < 4.78 is 12.8. The van der Waals surface area contributed by atoms with E-state index in [-0.39, 0.29) is 17.4 Å². The van der Waals surface area contributed by atoms with Crippen molar-refractivity contribution >= 4 is 17.4 Å². The minimum absolute atomic E-state index is 0.228. The van der Waals surface area contributed by atoms with Gasteiger partial charge in [-0.05, 0) is 42.0 Å². The summed E-state index contributed by atoms with van der Waals surface area (Å²) in [6, 6.07) is 18.6. The summed E-state index contributed by atoms with van der Waals surface area (Å²) in [4.78, 5) is 12.1. The first-order valence-corrected chi connectivity index (χ1v) is 7.39. The fourth-order valence-corrected chi connectivity index (χ4v) is 2.06. The molecule has 5 nitrogen and oxygen atoms in total. The summed E-state index contributed by atoms with van der Waals surface area (Å²) >= 11 is 0. The lowest BCUT2D eigenvalue weighted by Gasteiger charge is -2.06. The van der Waals surface area contributed by atoms with E-state index in [9.17, 15) is 9.18 Å². The van der Waals surface area contributed by atoms with Gasteiger partial charge in [0.05, 0.1) is 0 Å². The molecule has 1 heterocycles. The molecule has 0 bridgehead atoms. The Bertz CT molecular complexity index is 805. The summed E-state index contributed by atoms with van der Waals surface area (Å²) in [6.07, 6.45) is 0. The maximum atomic E-state index is 12.8. The molecule has 6 heteroatoms. The van der Waals surface area contributed by atoms with Crippen molar-refractivity contribution in [2.45, 2.75) is 6.54 Å². The third kappa shape index (κ3) is 4.13. The molecule has 120 valence electrons. The van der Waals surface area contributed by atoms with E-state index in [1.807, 2.05) is 18.2 Å². The molecule has 0 spiro atoms. The second-order valence-corrected chi connectivity index (χ2v) is 5.10. The standard InChI is InChI=1S/C18H15FN4O/c19-14-8-6-13(7-9-14)12-20-17-11-10-16(22-23-17)18(24)21-15-4-2-1-3-5-15/h1-11H,12H2,(H,20,23)(H,21,24). The number of nitrogens with one attached hydrogen (secondary N) is 2. The number of nitrogens with zero attached hydrogens (tertiary/aromatic N) is 2. The molecule has 0 aliphatic carbocycles. The van der Waals surface area contributed by atoms with Crippen LogP contribution in [0.3, 0.4) is 0 Å². The second-order valence-electron chi connectivity index (χ2n) is 5.10. The van der Waals surface area contributed by atoms with Gasteiger partial charge in [-0.1, -0.05) is 30.3 Å². The monoisotopic (exact) mass is 322 g/mol. The van der Waals surface area contributed by atoms with E-state index in [1.54, 1.807) is 36.4 Å². The SMILES string of the molecule is O=C(Nc1ccccc1)c1ccc(NCc2ccc(F)cc2)nn1. The van der Waals surface area contributed by atoms with E-state index in [4.69, 9.17) is 0 Å². The van der Waals surface area contributed by atoms with Crippen LogP contribution in [-0.4, -0.2) is 16.1 Å². The number of hydrogen-bond donors (Lipinski definition) is 2. The van der Waals surface area contributed by atoms with Crippen molar-refractivity contribution in [3.8, 4) is 0 Å². The molecule has 2 N–H and O–H groups in total. The lowest BCUT2D eigenvalue weighted by atomic mass is 10.2. The summed E-state index contributed by atoms with van der Waals surface area (Å²) in [5, 5.41) is 13.7. The van der Waals surface area contributed by atoms with Gasteiger partial charge in [-0.25, -0.2) is 4.39 Å². The fraction of sp³-hybridized carbons (Fsp3) is 0.0556. The maximum absolute atomic E-state index is 12.8. The molecule has 3 rings (SSSR count). The van der Waals surface area contributed by atoms with Crippen molar-refractivity contribution in [2.75, 3.05) is 10.6 Å². The van der Waals surface area contributed by atoms with E-state index < -0.39 is 0 Å². The molecular weight excluding hydrogens is 307 g/mol. The number of benzene rings is 2. The Balaban J connectivity index is 1.58. The first kappa shape index (κ1) is 15.6. The van der Waals surface area contributed by atoms with Crippen LogP contribution in [-0.2, 0) is 6.54 Å². The second kappa shape index (κ2) is 7.32. The quantitative estimate of drug-likeness (QED) is 0.755. The van der Waals surface area contributed by atoms with Gasteiger partial charge >= 0.3 is 0 Å². The van der Waals surface area contributed by atoms with E-state index in [0.29, 0.717) is 18.1 Å². The number of para-hydroxylation sites is 1. The zero-order valence-corrected chi connectivity index (χ0v) is 12.7. The van der Waals surface area contributed by atoms with Crippen molar-refractivity contribution < 1.29 is 9.18 Å². The Labute approximate surface area is 138 Å². The minimum Gasteiger partial charge on any atom is -0.365 e. The van der Waals surface area contributed by atoms with E-state index in [1.165, 1.54) is 12.1 Å². The van der Waals surface area contributed by atoms with Gasteiger partial charge in [0, 0.05) is 12.2 Å². The number of rotatable bonds is 5. The Morgan fingerprint density at radius 1 is 0.917 bits per heavy atom. The predicted octanol–water partition coefficient (Wildman–Crippen LogP) is 3.48. The molecule has 24 heavy (non-hydrogen) atoms. The van der Waals surface area contributed by atoms with Gasteiger partial charge in [-0.15, -0.1) is 10.2 Å². The Morgan fingerprint density at radius 3 is 2.33 bits per heavy atom. The van der Waals surface area contributed by atoms with Crippen molar-refractivity contribution in [1.29, 1.82) is 0 Å². The zero-order valence-electron chi connectivity index (χ0n) is 12.7. The van der Waals surface area contributed by atoms with Gasteiger partial charge < -0.3 is 10.6 Å². The largest absolute Gasteiger partial charge is 0.365 e. The number of carbonyl (C=O) groups excluding carboxylic acids is 1. The molecule has 0 fully saturated rings. The summed E-state index contributed by atoms with van der Waals surface area (Å²) in [5.74, 6) is -0.0540. The van der Waals surface area contributed by atoms with Crippen molar-refractivity contribution in [1.82, 2.24) is 10.2 Å². The third-order valence-corrected chi connectivity index (χ3v) is 3.32. The van der Waals surface area contributed by atoms with Crippen LogP contribution in [0.4, 0.5) is 15.9 Å². The number of amides is 1. The molecule has 0 radical (unpaired) electrons. The van der Waals surface area contributed by atoms with Crippen LogP contribution in [0.1, 0.15) is 16.1 Å². The van der Waals surface area contributed by atoms with E-state index in [2.05, 4.69) is 20.8 Å². The molecule has 0 atom stereocenters. The lowest BCUT2D eigenvalue weighted by molar-refractivity contribution is 0.102. The Hall–Kier alpha value is -3.28. The Morgan fingerprint density at radius 2 is 1.67 bits per heavy atom. The molecule has 0 unspecified atom stereocenters. The summed E-state index contributed by atoms with van der Waals surface area (Å²) in [7, 11) is 0. The first-order chi connectivity index (χ1) is 11.7. The highest BCUT2D eigenvalue weighted by Crippen LogP contribution is 2.10. The first-order valence-electron chi connectivity index (χ1n) is 7.39. The van der Waals surface area contributed by atoms with Gasteiger partial charge in [-0.3, -0.25) is 4.79 Å². The molecule has 0 saturated carbocycles. The lowest BCUT2D eigenvalue weighted by Crippen LogP contribution is -2.14. The Kier molecular flexibility index (Phi) is 4.76. The topological polar surface area (TPSA) is 66.9 Å². The number of halogens is 1. The smallest absolute Gasteiger partial charge is 0.276 e. The van der Waals surface area contributed by atoms with Crippen molar-refractivity contribution in [3.63, 3.8) is 0 Å². The highest BCUT2D eigenvalue weighted by molar-refractivity contribution is 6.02. The molecular formula is C18H15FN4O. The van der Waals surface area contributed by atoms with Gasteiger partial charge in [0.1, 0.15) is 11.6 Å². The van der Waals surface area contributed by atoms with Crippen LogP contribution >= 0.6 is 0 Å².